The van der Waals surface area contributed by atoms with Crippen LogP contribution in [0.15, 0.2) is 16.6 Å². The monoisotopic (exact) mass is 363 g/mol. The van der Waals surface area contributed by atoms with Gasteiger partial charge in [-0.15, -0.1) is 0 Å². The third-order valence-electron chi connectivity index (χ3n) is 3.60. The van der Waals surface area contributed by atoms with Gasteiger partial charge >= 0.3 is 0 Å². The summed E-state index contributed by atoms with van der Waals surface area (Å²) in [5, 5.41) is 3.37. The molecule has 1 aromatic carbocycles. The zero-order valence-corrected chi connectivity index (χ0v) is 14.5. The molecule has 0 saturated heterocycles. The van der Waals surface area contributed by atoms with E-state index in [9.17, 15) is 8.78 Å². The van der Waals surface area contributed by atoms with Crippen molar-refractivity contribution < 1.29 is 13.5 Å². The molecule has 0 bridgehead atoms. The molecule has 0 fully saturated rings. The van der Waals surface area contributed by atoms with Crippen molar-refractivity contribution in [2.24, 2.45) is 0 Å². The molecule has 1 aromatic rings. The van der Waals surface area contributed by atoms with Gasteiger partial charge in [0.2, 0.25) is 0 Å². The van der Waals surface area contributed by atoms with Crippen molar-refractivity contribution in [1.29, 1.82) is 0 Å². The summed E-state index contributed by atoms with van der Waals surface area (Å²) in [6.45, 7) is 4.91. The number of benzene rings is 1. The third kappa shape index (κ3) is 6.01. The third-order valence-corrected chi connectivity index (χ3v) is 4.21. The quantitative estimate of drug-likeness (QED) is 0.654. The Morgan fingerprint density at radius 2 is 2.00 bits per heavy atom. The molecule has 1 rings (SSSR count). The van der Waals surface area contributed by atoms with Crippen LogP contribution in [0.25, 0.3) is 0 Å². The van der Waals surface area contributed by atoms with E-state index in [0.717, 1.165) is 25.8 Å². The van der Waals surface area contributed by atoms with Gasteiger partial charge in [-0.1, -0.05) is 6.92 Å². The summed E-state index contributed by atoms with van der Waals surface area (Å²) >= 11 is 3.11. The second kappa shape index (κ2) is 9.49. The van der Waals surface area contributed by atoms with Crippen LogP contribution in [-0.4, -0.2) is 25.8 Å². The molecule has 0 radical (unpaired) electrons. The highest BCUT2D eigenvalue weighted by atomic mass is 79.9. The lowest BCUT2D eigenvalue weighted by atomic mass is 9.99. The summed E-state index contributed by atoms with van der Waals surface area (Å²) in [5.41, 5.74) is 0.142. The normalized spacial score (nSPS) is 14.2. The molecular weight excluding hydrogens is 340 g/mol. The van der Waals surface area contributed by atoms with Gasteiger partial charge in [0.25, 0.3) is 0 Å². The highest BCUT2D eigenvalue weighted by molar-refractivity contribution is 9.10. The molecule has 2 unspecified atom stereocenters. The van der Waals surface area contributed by atoms with Crippen molar-refractivity contribution in [2.45, 2.75) is 51.7 Å². The van der Waals surface area contributed by atoms with Crippen LogP contribution in [0.2, 0.25) is 0 Å². The fourth-order valence-electron chi connectivity index (χ4n) is 2.18. The van der Waals surface area contributed by atoms with Crippen LogP contribution in [0.4, 0.5) is 8.78 Å². The average molecular weight is 364 g/mol. The summed E-state index contributed by atoms with van der Waals surface area (Å²) in [7, 11) is 1.67. The van der Waals surface area contributed by atoms with Crippen LogP contribution >= 0.6 is 15.9 Å². The van der Waals surface area contributed by atoms with Gasteiger partial charge in [-0.3, -0.25) is 0 Å². The van der Waals surface area contributed by atoms with Crippen molar-refractivity contribution in [2.75, 3.05) is 13.7 Å². The molecule has 0 saturated carbocycles. The van der Waals surface area contributed by atoms with E-state index < -0.39 is 11.6 Å². The Labute approximate surface area is 134 Å². The maximum absolute atomic E-state index is 14.1. The largest absolute Gasteiger partial charge is 0.382 e. The van der Waals surface area contributed by atoms with Gasteiger partial charge in [0.1, 0.15) is 11.6 Å². The van der Waals surface area contributed by atoms with Gasteiger partial charge in [0, 0.05) is 18.7 Å². The van der Waals surface area contributed by atoms with E-state index >= 15 is 0 Å². The molecule has 0 aliphatic rings. The van der Waals surface area contributed by atoms with Crippen LogP contribution < -0.4 is 5.32 Å². The Morgan fingerprint density at radius 1 is 1.29 bits per heavy atom. The second-order valence-corrected chi connectivity index (χ2v) is 6.15. The van der Waals surface area contributed by atoms with Gasteiger partial charge in [0.15, 0.2) is 0 Å². The van der Waals surface area contributed by atoms with Crippen molar-refractivity contribution >= 4 is 15.9 Å². The molecule has 2 nitrogen and oxygen atoms in total. The zero-order valence-electron chi connectivity index (χ0n) is 12.9. The summed E-state index contributed by atoms with van der Waals surface area (Å²) in [4.78, 5) is 0. The van der Waals surface area contributed by atoms with E-state index in [0.29, 0.717) is 10.9 Å². The minimum Gasteiger partial charge on any atom is -0.382 e. The van der Waals surface area contributed by atoms with Gasteiger partial charge in [0.05, 0.1) is 10.6 Å². The number of ether oxygens (including phenoxy) is 1. The van der Waals surface area contributed by atoms with E-state index in [2.05, 4.69) is 28.2 Å². The molecule has 2 atom stereocenters. The first-order valence-corrected chi connectivity index (χ1v) is 8.17. The van der Waals surface area contributed by atoms with Crippen LogP contribution in [0, 0.1) is 11.6 Å². The molecule has 0 spiro atoms. The first kappa shape index (κ1) is 18.5. The SMILES string of the molecule is CCCNC(CCC(C)OC)Cc1c(F)ccc(Br)c1F. The minimum atomic E-state index is -0.502. The summed E-state index contributed by atoms with van der Waals surface area (Å²) in [6.07, 6.45) is 3.15. The molecule has 21 heavy (non-hydrogen) atoms. The molecule has 0 aliphatic heterocycles. The predicted molar refractivity (Wildman–Crippen MR) is 85.5 cm³/mol. The molecule has 5 heteroatoms. The fraction of sp³-hybridized carbons (Fsp3) is 0.625. The van der Waals surface area contributed by atoms with Gasteiger partial charge < -0.3 is 10.1 Å². The molecule has 0 amide bonds. The van der Waals surface area contributed by atoms with E-state index in [1.54, 1.807) is 7.11 Å². The number of hydrogen-bond acceptors (Lipinski definition) is 2. The Kier molecular flexibility index (Phi) is 8.37. The molecule has 0 aromatic heterocycles. The standard InChI is InChI=1S/C16H24BrF2NO/c1-4-9-20-12(6-5-11(2)21-3)10-13-15(18)8-7-14(17)16(13)19/h7-8,11-12,20H,4-6,9-10H2,1-3H3. The van der Waals surface area contributed by atoms with Gasteiger partial charge in [-0.05, 0) is 67.2 Å². The van der Waals surface area contributed by atoms with Gasteiger partial charge in [-0.2, -0.15) is 0 Å². The van der Waals surface area contributed by atoms with E-state index in [1.165, 1.54) is 12.1 Å². The van der Waals surface area contributed by atoms with Crippen molar-refractivity contribution in [3.8, 4) is 0 Å². The Bertz CT molecular complexity index is 443. The second-order valence-electron chi connectivity index (χ2n) is 5.30. The summed E-state index contributed by atoms with van der Waals surface area (Å²) < 4.78 is 33.5. The van der Waals surface area contributed by atoms with E-state index in [-0.39, 0.29) is 17.7 Å². The topological polar surface area (TPSA) is 21.3 Å². The maximum Gasteiger partial charge on any atom is 0.143 e. The summed E-state index contributed by atoms with van der Waals surface area (Å²) in [5.74, 6) is -0.989. The number of hydrogen-bond donors (Lipinski definition) is 1. The van der Waals surface area contributed by atoms with Crippen molar-refractivity contribution in [3.63, 3.8) is 0 Å². The zero-order chi connectivity index (χ0) is 15.8. The van der Waals surface area contributed by atoms with Crippen LogP contribution in [0.1, 0.15) is 38.7 Å². The molecule has 0 aliphatic carbocycles. The first-order valence-electron chi connectivity index (χ1n) is 7.38. The summed E-state index contributed by atoms with van der Waals surface area (Å²) in [6, 6.07) is 2.74. The van der Waals surface area contributed by atoms with E-state index in [4.69, 9.17) is 4.74 Å². The maximum atomic E-state index is 14.1. The fourth-order valence-corrected chi connectivity index (χ4v) is 2.55. The number of rotatable bonds is 9. The van der Waals surface area contributed by atoms with Crippen LogP contribution in [-0.2, 0) is 11.2 Å². The van der Waals surface area contributed by atoms with Crippen molar-refractivity contribution in [3.05, 3.63) is 33.8 Å². The lowest BCUT2D eigenvalue weighted by molar-refractivity contribution is 0.106. The number of nitrogens with one attached hydrogen (secondary N) is 1. The molecule has 0 heterocycles. The highest BCUT2D eigenvalue weighted by Gasteiger charge is 2.18. The first-order chi connectivity index (χ1) is 9.99. The highest BCUT2D eigenvalue weighted by Crippen LogP contribution is 2.23. The van der Waals surface area contributed by atoms with Gasteiger partial charge in [-0.25, -0.2) is 8.78 Å². The molecular formula is C16H24BrF2NO. The average Bonchev–Trinajstić information content (AvgIpc) is 2.49. The molecule has 120 valence electrons. The Hall–Kier alpha value is -0.520. The predicted octanol–water partition coefficient (Wildman–Crippen LogP) is 4.45. The van der Waals surface area contributed by atoms with Crippen LogP contribution in [0.5, 0.6) is 0 Å². The minimum absolute atomic E-state index is 0.0425. The lowest BCUT2D eigenvalue weighted by Crippen LogP contribution is -2.33. The van der Waals surface area contributed by atoms with Crippen LogP contribution in [0.3, 0.4) is 0 Å². The van der Waals surface area contributed by atoms with E-state index in [1.807, 2.05) is 6.92 Å². The number of halogens is 3. The molecule has 1 N–H and O–H groups in total. The number of methoxy groups -OCH3 is 1. The Balaban J connectivity index is 2.78. The van der Waals surface area contributed by atoms with Crippen molar-refractivity contribution in [1.82, 2.24) is 5.32 Å². The Morgan fingerprint density at radius 3 is 2.62 bits per heavy atom. The lowest BCUT2D eigenvalue weighted by Gasteiger charge is -2.21. The smallest absolute Gasteiger partial charge is 0.143 e.